The number of sulfonamides is 1. The van der Waals surface area contributed by atoms with Gasteiger partial charge in [0.25, 0.3) is 0 Å². The van der Waals surface area contributed by atoms with E-state index in [1.165, 1.54) is 12.4 Å². The molecule has 0 radical (unpaired) electrons. The molecule has 2 fully saturated rings. The number of hydrogen-bond donors (Lipinski definition) is 0. The Labute approximate surface area is 253 Å². The van der Waals surface area contributed by atoms with Crippen molar-refractivity contribution in [2.45, 2.75) is 61.9 Å². The number of rotatable bonds is 8. The first-order valence-corrected chi connectivity index (χ1v) is 15.3. The van der Waals surface area contributed by atoms with E-state index in [0.717, 1.165) is 68.0 Å². The fourth-order valence-corrected chi connectivity index (χ4v) is 7.22. The van der Waals surface area contributed by atoms with Crippen molar-refractivity contribution in [2.24, 2.45) is 0 Å². The summed E-state index contributed by atoms with van der Waals surface area (Å²) in [6.07, 6.45) is 7.78. The van der Waals surface area contributed by atoms with Gasteiger partial charge in [-0.25, -0.2) is 39.6 Å². The molecule has 240 valence electrons. The Bertz CT molecular complexity index is 1720. The number of ether oxygens (including phenoxy) is 1. The highest BCUT2D eigenvalue weighted by molar-refractivity contribution is 7.89. The van der Waals surface area contributed by atoms with E-state index < -0.39 is 86.5 Å². The third-order valence-corrected chi connectivity index (χ3v) is 9.92. The predicted octanol–water partition coefficient (Wildman–Crippen LogP) is 5.14. The molecule has 0 bridgehead atoms. The second-order valence-corrected chi connectivity index (χ2v) is 12.5. The maximum Gasteiger partial charge on any atom is 0.337 e. The number of amides is 1. The van der Waals surface area contributed by atoms with E-state index in [-0.39, 0.29) is 27.9 Å². The summed E-state index contributed by atoms with van der Waals surface area (Å²) in [5.41, 5.74) is 0.310. The number of esters is 1. The van der Waals surface area contributed by atoms with Crippen LogP contribution in [0.15, 0.2) is 35.5 Å². The summed E-state index contributed by atoms with van der Waals surface area (Å²) in [5.74, 6) is -15.5. The van der Waals surface area contributed by atoms with Gasteiger partial charge in [0.05, 0.1) is 42.5 Å². The summed E-state index contributed by atoms with van der Waals surface area (Å²) < 4.78 is 117. The monoisotopic (exact) mass is 656 g/mol. The Morgan fingerprint density at radius 2 is 1.56 bits per heavy atom. The van der Waals surface area contributed by atoms with Gasteiger partial charge in [0, 0.05) is 18.7 Å². The smallest absolute Gasteiger partial charge is 0.337 e. The predicted molar refractivity (Wildman–Crippen MR) is 145 cm³/mol. The summed E-state index contributed by atoms with van der Waals surface area (Å²) >= 11 is 0. The molecule has 1 aliphatic heterocycles. The zero-order chi connectivity index (χ0) is 32.6. The quantitative estimate of drug-likeness (QED) is 0.143. The SMILES string of the molecule is COC(=O)c1ccc(N(Cc2cnc(C3CCCCC3)cn2)C(=O)[C@H]2CCN2S(=O)(=O)c2c(F)c(F)c(F)c(F)c2F)c(F)c1. The van der Waals surface area contributed by atoms with Crippen molar-refractivity contribution < 1.29 is 49.1 Å². The maximum atomic E-state index is 15.4. The van der Waals surface area contributed by atoms with Crippen molar-refractivity contribution in [1.29, 1.82) is 0 Å². The van der Waals surface area contributed by atoms with Gasteiger partial charge < -0.3 is 9.64 Å². The molecule has 1 aromatic heterocycles. The Balaban J connectivity index is 1.49. The first-order chi connectivity index (χ1) is 21.4. The van der Waals surface area contributed by atoms with Crippen LogP contribution >= 0.6 is 0 Å². The van der Waals surface area contributed by atoms with Crippen molar-refractivity contribution >= 4 is 27.6 Å². The highest BCUT2D eigenvalue weighted by Gasteiger charge is 2.48. The van der Waals surface area contributed by atoms with Crippen LogP contribution < -0.4 is 4.90 Å². The third-order valence-electron chi connectivity index (χ3n) is 7.99. The average molecular weight is 657 g/mol. The minimum Gasteiger partial charge on any atom is -0.465 e. The molecule has 9 nitrogen and oxygen atoms in total. The van der Waals surface area contributed by atoms with E-state index in [2.05, 4.69) is 14.7 Å². The van der Waals surface area contributed by atoms with Gasteiger partial charge in [-0.1, -0.05) is 19.3 Å². The van der Waals surface area contributed by atoms with Gasteiger partial charge in [-0.2, -0.15) is 4.31 Å². The van der Waals surface area contributed by atoms with Crippen LogP contribution in [0.25, 0.3) is 0 Å². The number of hydrogen-bond acceptors (Lipinski definition) is 7. The van der Waals surface area contributed by atoms with Gasteiger partial charge in [0.15, 0.2) is 28.2 Å². The number of aromatic nitrogens is 2. The van der Waals surface area contributed by atoms with E-state index in [4.69, 9.17) is 0 Å². The molecule has 0 N–H and O–H groups in total. The van der Waals surface area contributed by atoms with Crippen LogP contribution in [0.2, 0.25) is 0 Å². The lowest BCUT2D eigenvalue weighted by molar-refractivity contribution is -0.125. The molecular weight excluding hydrogens is 630 g/mol. The molecule has 0 spiro atoms. The number of benzene rings is 2. The molecule has 5 rings (SSSR count). The molecule has 3 aromatic rings. The van der Waals surface area contributed by atoms with Gasteiger partial charge in [-0.05, 0) is 37.5 Å². The summed E-state index contributed by atoms with van der Waals surface area (Å²) in [6, 6.07) is 1.32. The first-order valence-electron chi connectivity index (χ1n) is 13.9. The van der Waals surface area contributed by atoms with Crippen molar-refractivity contribution in [3.63, 3.8) is 0 Å². The van der Waals surface area contributed by atoms with E-state index in [1.54, 1.807) is 0 Å². The summed E-state index contributed by atoms with van der Waals surface area (Å²) in [5, 5.41) is 0. The van der Waals surface area contributed by atoms with E-state index in [9.17, 15) is 40.0 Å². The fraction of sp³-hybridized carbons (Fsp3) is 0.379. The Morgan fingerprint density at radius 1 is 0.911 bits per heavy atom. The van der Waals surface area contributed by atoms with E-state index in [1.807, 2.05) is 0 Å². The fourth-order valence-electron chi connectivity index (χ4n) is 5.48. The number of methoxy groups -OCH3 is 1. The number of nitrogens with zero attached hydrogens (tertiary/aromatic N) is 4. The molecule has 1 aliphatic carbocycles. The molecule has 16 heteroatoms. The highest BCUT2D eigenvalue weighted by atomic mass is 32.2. The van der Waals surface area contributed by atoms with Crippen LogP contribution in [-0.4, -0.2) is 54.3 Å². The van der Waals surface area contributed by atoms with Crippen LogP contribution in [0, 0.1) is 34.9 Å². The molecule has 1 amide bonds. The van der Waals surface area contributed by atoms with E-state index >= 15 is 4.39 Å². The number of anilines is 1. The average Bonchev–Trinajstić information content (AvgIpc) is 3.01. The molecule has 2 aromatic carbocycles. The maximum absolute atomic E-state index is 15.4. The lowest BCUT2D eigenvalue weighted by Crippen LogP contribution is -2.59. The molecule has 1 atom stereocenters. The lowest BCUT2D eigenvalue weighted by Gasteiger charge is -2.41. The summed E-state index contributed by atoms with van der Waals surface area (Å²) in [7, 11) is -4.37. The van der Waals surface area contributed by atoms with Gasteiger partial charge in [0.2, 0.25) is 21.7 Å². The third kappa shape index (κ3) is 6.00. The normalized spacial score (nSPS) is 17.5. The minimum absolute atomic E-state index is 0.174. The largest absolute Gasteiger partial charge is 0.465 e. The van der Waals surface area contributed by atoms with Crippen LogP contribution in [-0.2, 0) is 26.1 Å². The van der Waals surface area contributed by atoms with Crippen LogP contribution in [0.4, 0.5) is 32.0 Å². The number of halogens is 6. The van der Waals surface area contributed by atoms with Gasteiger partial charge in [0.1, 0.15) is 11.9 Å². The van der Waals surface area contributed by atoms with E-state index in [0.29, 0.717) is 0 Å². The van der Waals surface area contributed by atoms with Crippen molar-refractivity contribution in [2.75, 3.05) is 18.6 Å². The second kappa shape index (κ2) is 12.7. The van der Waals surface area contributed by atoms with Crippen molar-refractivity contribution in [3.8, 4) is 0 Å². The van der Waals surface area contributed by atoms with Crippen LogP contribution in [0.1, 0.15) is 66.2 Å². The first kappa shape index (κ1) is 32.3. The second-order valence-electron chi connectivity index (χ2n) is 10.7. The van der Waals surface area contributed by atoms with Gasteiger partial charge >= 0.3 is 5.97 Å². The van der Waals surface area contributed by atoms with Gasteiger partial charge in [-0.3, -0.25) is 14.8 Å². The minimum atomic E-state index is -5.45. The number of carbonyl (C=O) groups excluding carboxylic acids is 2. The highest BCUT2D eigenvalue weighted by Crippen LogP contribution is 2.36. The molecule has 2 aliphatic rings. The zero-order valence-corrected chi connectivity index (χ0v) is 24.5. The molecule has 0 unspecified atom stereocenters. The molecular formula is C29H26F6N4O5S. The van der Waals surface area contributed by atoms with Crippen molar-refractivity contribution in [1.82, 2.24) is 14.3 Å². The topological polar surface area (TPSA) is 110 Å². The lowest BCUT2D eigenvalue weighted by atomic mass is 9.87. The zero-order valence-electron chi connectivity index (χ0n) is 23.7. The van der Waals surface area contributed by atoms with Crippen LogP contribution in [0.5, 0.6) is 0 Å². The Hall–Kier alpha value is -4.05. The molecule has 1 saturated carbocycles. The van der Waals surface area contributed by atoms with Gasteiger partial charge in [-0.15, -0.1) is 0 Å². The summed E-state index contributed by atoms with van der Waals surface area (Å²) in [4.78, 5) is 33.3. The number of carbonyl (C=O) groups is 2. The standard InChI is InChI=1S/C29H26F6N4O5S/c1-44-29(41)16-7-8-20(18(30)11-16)38(14-17-12-37-19(13-36-17)15-5-3-2-4-6-15)28(40)21-9-10-39(21)45(42,43)27-25(34)23(32)22(31)24(33)26(27)35/h7-8,11-13,15,21H,2-6,9-10,14H2,1H3/t21-/m1/s1. The molecule has 1 saturated heterocycles. The molecule has 45 heavy (non-hydrogen) atoms. The van der Waals surface area contributed by atoms with Crippen LogP contribution in [0.3, 0.4) is 0 Å². The van der Waals surface area contributed by atoms with Crippen molar-refractivity contribution in [3.05, 3.63) is 82.4 Å². The Morgan fingerprint density at radius 3 is 2.09 bits per heavy atom. The summed E-state index contributed by atoms with van der Waals surface area (Å²) in [6.45, 7) is -0.954. The Kier molecular flexibility index (Phi) is 9.16. The molecule has 2 heterocycles.